The van der Waals surface area contributed by atoms with E-state index in [-0.39, 0.29) is 12.1 Å². The molecule has 4 rings (SSSR count). The first-order valence-electron chi connectivity index (χ1n) is 9.97. The average Bonchev–Trinajstić information content (AvgIpc) is 3.11. The highest BCUT2D eigenvalue weighted by atomic mass is 32.2. The number of nitrogens with zero attached hydrogens (tertiary/aromatic N) is 3. The van der Waals surface area contributed by atoms with Crippen LogP contribution in [0.1, 0.15) is 18.2 Å². The van der Waals surface area contributed by atoms with Crippen molar-refractivity contribution in [3.63, 3.8) is 0 Å². The molecule has 2 atom stereocenters. The molecule has 29 heavy (non-hydrogen) atoms. The molecular weight excluding hydrogens is 408 g/mol. The van der Waals surface area contributed by atoms with Gasteiger partial charge in [0.1, 0.15) is 6.23 Å². The minimum absolute atomic E-state index is 0.0721. The predicted molar refractivity (Wildman–Crippen MR) is 117 cm³/mol. The van der Waals surface area contributed by atoms with E-state index < -0.39 is 17.0 Å². The van der Waals surface area contributed by atoms with E-state index in [0.29, 0.717) is 36.3 Å². The van der Waals surface area contributed by atoms with Crippen molar-refractivity contribution in [2.75, 3.05) is 36.5 Å². The molecule has 156 valence electrons. The van der Waals surface area contributed by atoms with Crippen LogP contribution in [0, 0.1) is 0 Å². The van der Waals surface area contributed by atoms with Crippen LogP contribution in [0.5, 0.6) is 0 Å². The summed E-state index contributed by atoms with van der Waals surface area (Å²) in [7, 11) is -0.817. The second-order valence-electron chi connectivity index (χ2n) is 7.27. The number of aliphatic hydroxyl groups is 1. The molecule has 2 aromatic rings. The smallest absolute Gasteiger partial charge is 0.320 e. The summed E-state index contributed by atoms with van der Waals surface area (Å²) >= 11 is 1.54. The van der Waals surface area contributed by atoms with E-state index in [1.807, 2.05) is 30.3 Å². The van der Waals surface area contributed by atoms with Gasteiger partial charge < -0.3 is 20.2 Å². The fraction of sp³-hybridized carbons (Fsp3) is 0.500. The predicted octanol–water partition coefficient (Wildman–Crippen LogP) is 2.36. The number of carbonyl (C=O) groups is 1. The highest BCUT2D eigenvalue weighted by Gasteiger charge is 2.40. The zero-order chi connectivity index (χ0) is 20.4. The van der Waals surface area contributed by atoms with Crippen molar-refractivity contribution >= 4 is 33.3 Å². The third-order valence-corrected chi connectivity index (χ3v) is 7.87. The number of benzene rings is 1. The van der Waals surface area contributed by atoms with Gasteiger partial charge in [-0.25, -0.2) is 9.78 Å². The maximum absolute atomic E-state index is 12.7. The summed E-state index contributed by atoms with van der Waals surface area (Å²) in [5.74, 6) is 1.07. The van der Waals surface area contributed by atoms with Crippen molar-refractivity contribution in [3.05, 3.63) is 35.2 Å². The maximum atomic E-state index is 12.7. The van der Waals surface area contributed by atoms with Gasteiger partial charge in [-0.15, -0.1) is 11.3 Å². The van der Waals surface area contributed by atoms with Crippen molar-refractivity contribution in [2.45, 2.75) is 32.0 Å². The van der Waals surface area contributed by atoms with E-state index in [0.717, 1.165) is 29.0 Å². The number of thiazole rings is 1. The summed E-state index contributed by atoms with van der Waals surface area (Å²) in [4.78, 5) is 22.1. The summed E-state index contributed by atoms with van der Waals surface area (Å²) < 4.78 is 11.5. The van der Waals surface area contributed by atoms with Gasteiger partial charge in [0, 0.05) is 52.4 Å². The molecule has 0 radical (unpaired) electrons. The molecule has 0 bridgehead atoms. The van der Waals surface area contributed by atoms with E-state index in [1.165, 1.54) is 0 Å². The van der Waals surface area contributed by atoms with Crippen molar-refractivity contribution in [1.29, 1.82) is 0 Å². The Hall–Kier alpha value is -1.97. The Morgan fingerprint density at radius 3 is 2.66 bits per heavy atom. The average molecular weight is 435 g/mol. The highest BCUT2D eigenvalue weighted by Crippen LogP contribution is 2.33. The number of amides is 2. The first-order chi connectivity index (χ1) is 14.1. The lowest BCUT2D eigenvalue weighted by molar-refractivity contribution is 0.0144. The van der Waals surface area contributed by atoms with Crippen LogP contribution >= 0.6 is 11.3 Å². The zero-order valence-corrected chi connectivity index (χ0v) is 18.0. The van der Waals surface area contributed by atoms with E-state index >= 15 is 0 Å². The number of hydrogen-bond acceptors (Lipinski definition) is 6. The third-order valence-electron chi connectivity index (χ3n) is 5.46. The minimum atomic E-state index is -0.869. The van der Waals surface area contributed by atoms with E-state index in [4.69, 9.17) is 4.98 Å². The number of aromatic nitrogens is 1. The van der Waals surface area contributed by atoms with Crippen LogP contribution in [0.4, 0.5) is 9.93 Å². The van der Waals surface area contributed by atoms with Crippen LogP contribution in [-0.4, -0.2) is 73.5 Å². The molecule has 2 fully saturated rings. The molecule has 0 spiro atoms. The van der Waals surface area contributed by atoms with E-state index in [9.17, 15) is 14.1 Å². The van der Waals surface area contributed by atoms with Gasteiger partial charge >= 0.3 is 6.03 Å². The van der Waals surface area contributed by atoms with Gasteiger partial charge in [-0.3, -0.25) is 4.21 Å². The Bertz CT molecular complexity index is 879. The Kier molecular flexibility index (Phi) is 6.17. The van der Waals surface area contributed by atoms with E-state index in [1.54, 1.807) is 21.1 Å². The van der Waals surface area contributed by atoms with Gasteiger partial charge in [0.25, 0.3) is 0 Å². The molecule has 0 aliphatic carbocycles. The van der Waals surface area contributed by atoms with Crippen LogP contribution in [0.15, 0.2) is 30.3 Å². The zero-order valence-electron chi connectivity index (χ0n) is 16.4. The standard InChI is InChI=1S/C20H26N4O3S2/c1-2-16-17(14-6-4-3-5-7-14)21-19(28-16)22-18(25)15-8-9-24(15)20(26)23-10-12-29(27)13-11-23/h3-7,15,18,25H,2,8-13H2,1H3,(H,21,22). The fourth-order valence-electron chi connectivity index (χ4n) is 3.68. The van der Waals surface area contributed by atoms with Crippen molar-refractivity contribution in [3.8, 4) is 11.3 Å². The number of aryl methyl sites for hydroxylation is 1. The van der Waals surface area contributed by atoms with Crippen LogP contribution in [0.25, 0.3) is 11.3 Å². The molecule has 9 heteroatoms. The second-order valence-corrected chi connectivity index (χ2v) is 10.0. The lowest BCUT2D eigenvalue weighted by Gasteiger charge is -2.46. The number of nitrogens with one attached hydrogen (secondary N) is 1. The summed E-state index contributed by atoms with van der Waals surface area (Å²) in [5, 5.41) is 14.5. The van der Waals surface area contributed by atoms with Crippen molar-refractivity contribution in [2.24, 2.45) is 0 Å². The molecule has 2 unspecified atom stereocenters. The molecule has 2 amide bonds. The summed E-state index contributed by atoms with van der Waals surface area (Å²) in [6.07, 6.45) is 0.743. The first-order valence-corrected chi connectivity index (χ1v) is 12.3. The number of carbonyl (C=O) groups excluding carboxylic acids is 1. The molecule has 1 aromatic carbocycles. The normalized spacial score (nSPS) is 21.0. The number of aliphatic hydroxyl groups excluding tert-OH is 1. The Balaban J connectivity index is 1.42. The largest absolute Gasteiger partial charge is 0.372 e. The highest BCUT2D eigenvalue weighted by molar-refractivity contribution is 7.85. The number of hydrogen-bond donors (Lipinski definition) is 2. The molecule has 0 saturated carbocycles. The van der Waals surface area contributed by atoms with Crippen molar-refractivity contribution in [1.82, 2.24) is 14.8 Å². The molecular formula is C20H26N4O3S2. The molecule has 3 heterocycles. The Morgan fingerprint density at radius 2 is 2.03 bits per heavy atom. The van der Waals surface area contributed by atoms with Gasteiger partial charge in [0.15, 0.2) is 5.13 Å². The Labute approximate surface area is 177 Å². The molecule has 7 nitrogen and oxygen atoms in total. The van der Waals surface area contributed by atoms with Gasteiger partial charge in [-0.05, 0) is 12.8 Å². The fourth-order valence-corrected chi connectivity index (χ4v) is 5.69. The summed E-state index contributed by atoms with van der Waals surface area (Å²) in [6, 6.07) is 9.68. The topological polar surface area (TPSA) is 85.8 Å². The summed E-state index contributed by atoms with van der Waals surface area (Å²) in [5.41, 5.74) is 2.00. The SMILES string of the molecule is CCc1sc(NC(O)C2CCN2C(=O)N2CCS(=O)CC2)nc1-c1ccccc1. The molecule has 2 saturated heterocycles. The summed E-state index contributed by atoms with van der Waals surface area (Å²) in [6.45, 7) is 3.77. The van der Waals surface area contributed by atoms with E-state index in [2.05, 4.69) is 12.2 Å². The first kappa shape index (κ1) is 20.3. The van der Waals surface area contributed by atoms with Crippen LogP contribution in [0.2, 0.25) is 0 Å². The lowest BCUT2D eigenvalue weighted by Crippen LogP contribution is -2.62. The number of likely N-dealkylation sites (tertiary alicyclic amines) is 1. The van der Waals surface area contributed by atoms with Gasteiger partial charge in [0.05, 0.1) is 11.7 Å². The minimum Gasteiger partial charge on any atom is -0.372 e. The molecule has 2 aliphatic rings. The monoisotopic (exact) mass is 434 g/mol. The molecule has 2 N–H and O–H groups in total. The molecule has 2 aliphatic heterocycles. The van der Waals surface area contributed by atoms with Gasteiger partial charge in [-0.2, -0.15) is 0 Å². The van der Waals surface area contributed by atoms with Gasteiger partial charge in [-0.1, -0.05) is 37.3 Å². The van der Waals surface area contributed by atoms with Crippen LogP contribution < -0.4 is 5.32 Å². The number of urea groups is 1. The second kappa shape index (κ2) is 8.81. The lowest BCUT2D eigenvalue weighted by atomic mass is 10.0. The van der Waals surface area contributed by atoms with Crippen LogP contribution in [-0.2, 0) is 17.2 Å². The number of rotatable bonds is 5. The molecule has 1 aromatic heterocycles. The third kappa shape index (κ3) is 4.31. The maximum Gasteiger partial charge on any atom is 0.320 e. The van der Waals surface area contributed by atoms with Gasteiger partial charge in [0.2, 0.25) is 0 Å². The Morgan fingerprint density at radius 1 is 1.31 bits per heavy atom. The number of anilines is 1. The van der Waals surface area contributed by atoms with Crippen molar-refractivity contribution < 1.29 is 14.1 Å². The van der Waals surface area contributed by atoms with Crippen LogP contribution in [0.3, 0.4) is 0 Å². The quantitative estimate of drug-likeness (QED) is 0.706.